The predicted octanol–water partition coefficient (Wildman–Crippen LogP) is 5.33. The summed E-state index contributed by atoms with van der Waals surface area (Å²) in [7, 11) is 0. The number of rotatable bonds is 5. The molecule has 0 saturated carbocycles. The summed E-state index contributed by atoms with van der Waals surface area (Å²) in [5.41, 5.74) is 7.43. The molecule has 37 heavy (non-hydrogen) atoms. The summed E-state index contributed by atoms with van der Waals surface area (Å²) < 4.78 is 0.941. The van der Waals surface area contributed by atoms with E-state index in [-0.39, 0.29) is 35.4 Å². The summed E-state index contributed by atoms with van der Waals surface area (Å²) in [6.45, 7) is 10.1. The monoisotopic (exact) mass is 589 g/mol. The van der Waals surface area contributed by atoms with Crippen LogP contribution in [0.4, 0.5) is 4.79 Å². The first-order valence-corrected chi connectivity index (χ1v) is 14.1. The maximum Gasteiger partial charge on any atom is 0.314 e. The molecule has 4 rings (SSSR count). The lowest BCUT2D eigenvalue weighted by molar-refractivity contribution is -0.141. The Morgan fingerprint density at radius 3 is 2.32 bits per heavy atom. The number of nitrogens with zero attached hydrogens (tertiary/aromatic N) is 4. The van der Waals surface area contributed by atoms with E-state index in [1.807, 2.05) is 24.4 Å². The predicted molar refractivity (Wildman–Crippen MR) is 150 cm³/mol. The van der Waals surface area contributed by atoms with Crippen LogP contribution in [0, 0.1) is 11.3 Å². The maximum absolute atomic E-state index is 13.6. The largest absolute Gasteiger partial charge is 0.351 e. The van der Waals surface area contributed by atoms with E-state index >= 15 is 0 Å². The number of urea groups is 1. The van der Waals surface area contributed by atoms with Crippen molar-refractivity contribution in [2.24, 2.45) is 17.1 Å². The van der Waals surface area contributed by atoms with E-state index in [0.29, 0.717) is 31.1 Å². The van der Waals surface area contributed by atoms with Crippen LogP contribution >= 0.6 is 27.5 Å². The Labute approximate surface area is 233 Å². The van der Waals surface area contributed by atoms with Crippen LogP contribution in [0.5, 0.6) is 0 Å². The first-order chi connectivity index (χ1) is 17.5. The minimum Gasteiger partial charge on any atom is -0.351 e. The van der Waals surface area contributed by atoms with Crippen LogP contribution in [0.2, 0.25) is 5.02 Å². The first-order valence-electron chi connectivity index (χ1n) is 13.0. The van der Waals surface area contributed by atoms with Gasteiger partial charge in [0, 0.05) is 60.9 Å². The number of carbonyl (C=O) groups excluding carboxylic acids is 2. The summed E-state index contributed by atoms with van der Waals surface area (Å²) in [6, 6.07) is 11.7. The molecular formula is C28H37BrClN5O2. The molecule has 0 aliphatic carbocycles. The molecule has 2 atom stereocenters. The van der Waals surface area contributed by atoms with Gasteiger partial charge in [-0.3, -0.25) is 14.7 Å². The van der Waals surface area contributed by atoms with E-state index in [4.69, 9.17) is 22.3 Å². The molecule has 0 bridgehead atoms. The summed E-state index contributed by atoms with van der Waals surface area (Å²) >= 11 is 9.71. The van der Waals surface area contributed by atoms with Gasteiger partial charge >= 0.3 is 6.03 Å². The SMILES string of the molecule is CC(C)(C)[C@H]1CN(C(c2ccc(Cl)cc2)c2ccc(Br)cn2)CCN1C(=O)CC1CCN(C(N)=O)CC1. The summed E-state index contributed by atoms with van der Waals surface area (Å²) in [6.07, 6.45) is 4.00. The molecule has 2 fully saturated rings. The zero-order valence-corrected chi connectivity index (χ0v) is 24.2. The number of primary amides is 1. The molecule has 9 heteroatoms. The second kappa shape index (κ2) is 11.7. The van der Waals surface area contributed by atoms with Crippen molar-refractivity contribution < 1.29 is 9.59 Å². The molecule has 2 saturated heterocycles. The number of piperazine rings is 1. The molecule has 1 aromatic heterocycles. The van der Waals surface area contributed by atoms with Crippen LogP contribution in [0.1, 0.15) is 57.3 Å². The molecule has 7 nitrogen and oxygen atoms in total. The van der Waals surface area contributed by atoms with Crippen molar-refractivity contribution >= 4 is 39.5 Å². The number of benzene rings is 1. The fraction of sp³-hybridized carbons (Fsp3) is 0.536. The number of pyridine rings is 1. The standard InChI is InChI=1S/C28H37BrClN5O2/c1-28(2,3)24-18-34(14-15-35(24)25(36)16-19-10-12-33(13-11-19)27(31)37)26(20-4-7-22(30)8-5-20)23-9-6-21(29)17-32-23/h4-9,17,19,24,26H,10-16,18H2,1-3H3,(H2,31,37)/t24-,26?/m1/s1. The van der Waals surface area contributed by atoms with Crippen LogP contribution in [0.15, 0.2) is 47.1 Å². The number of nitrogens with two attached hydrogens (primary N) is 1. The van der Waals surface area contributed by atoms with E-state index in [1.54, 1.807) is 4.90 Å². The fourth-order valence-electron chi connectivity index (χ4n) is 5.56. The number of amides is 3. The molecule has 3 heterocycles. The lowest BCUT2D eigenvalue weighted by Crippen LogP contribution is -2.60. The van der Waals surface area contributed by atoms with Gasteiger partial charge in [0.25, 0.3) is 0 Å². The normalized spacial score (nSPS) is 20.6. The number of aromatic nitrogens is 1. The highest BCUT2D eigenvalue weighted by Gasteiger charge is 2.41. The van der Waals surface area contributed by atoms with Gasteiger partial charge in [-0.15, -0.1) is 0 Å². The molecule has 3 amide bonds. The Morgan fingerprint density at radius 2 is 1.76 bits per heavy atom. The van der Waals surface area contributed by atoms with Crippen LogP contribution in [0.3, 0.4) is 0 Å². The number of halogens is 2. The summed E-state index contributed by atoms with van der Waals surface area (Å²) in [5, 5.41) is 0.705. The summed E-state index contributed by atoms with van der Waals surface area (Å²) in [4.78, 5) is 36.0. The van der Waals surface area contributed by atoms with Crippen molar-refractivity contribution in [2.45, 2.75) is 52.1 Å². The molecule has 2 N–H and O–H groups in total. The highest BCUT2D eigenvalue weighted by atomic mass is 79.9. The second-order valence-electron chi connectivity index (χ2n) is 11.3. The van der Waals surface area contributed by atoms with Crippen LogP contribution < -0.4 is 5.73 Å². The third-order valence-corrected chi connectivity index (χ3v) is 8.42. The van der Waals surface area contributed by atoms with E-state index in [0.717, 1.165) is 41.7 Å². The van der Waals surface area contributed by atoms with Gasteiger partial charge < -0.3 is 15.5 Å². The number of carbonyl (C=O) groups is 2. The number of likely N-dealkylation sites (tertiary alicyclic amines) is 1. The van der Waals surface area contributed by atoms with Gasteiger partial charge in [0.1, 0.15) is 0 Å². The zero-order valence-electron chi connectivity index (χ0n) is 21.9. The quantitative estimate of drug-likeness (QED) is 0.511. The molecule has 2 aliphatic rings. The highest BCUT2D eigenvalue weighted by Crippen LogP contribution is 2.36. The molecule has 200 valence electrons. The van der Waals surface area contributed by atoms with Gasteiger partial charge in [-0.25, -0.2) is 4.79 Å². The average Bonchev–Trinajstić information content (AvgIpc) is 2.86. The Morgan fingerprint density at radius 1 is 1.08 bits per heavy atom. The number of piperidine rings is 1. The van der Waals surface area contributed by atoms with E-state index < -0.39 is 0 Å². The average molecular weight is 591 g/mol. The lowest BCUT2D eigenvalue weighted by atomic mass is 9.82. The molecule has 0 spiro atoms. The summed E-state index contributed by atoms with van der Waals surface area (Å²) in [5.74, 6) is 0.498. The van der Waals surface area contributed by atoms with Crippen LogP contribution in [-0.4, -0.2) is 70.4 Å². The van der Waals surface area contributed by atoms with E-state index in [9.17, 15) is 9.59 Å². The third-order valence-electron chi connectivity index (χ3n) is 7.70. The lowest BCUT2D eigenvalue weighted by Gasteiger charge is -2.49. The third kappa shape index (κ3) is 6.84. The minimum absolute atomic E-state index is 0.0365. The molecule has 1 unspecified atom stereocenters. The molecule has 2 aromatic rings. The van der Waals surface area contributed by atoms with Gasteiger partial charge in [0.15, 0.2) is 0 Å². The van der Waals surface area contributed by atoms with Crippen molar-refractivity contribution in [2.75, 3.05) is 32.7 Å². The topological polar surface area (TPSA) is 82.8 Å². The minimum atomic E-state index is -0.371. The van der Waals surface area contributed by atoms with Crippen molar-refractivity contribution in [3.05, 3.63) is 63.3 Å². The maximum atomic E-state index is 13.6. The van der Waals surface area contributed by atoms with E-state index in [1.165, 1.54) is 0 Å². The Bertz CT molecular complexity index is 1040. The van der Waals surface area contributed by atoms with E-state index in [2.05, 4.69) is 64.7 Å². The zero-order chi connectivity index (χ0) is 26.7. The van der Waals surface area contributed by atoms with Gasteiger partial charge in [0.2, 0.25) is 5.91 Å². The molecule has 1 aromatic carbocycles. The van der Waals surface area contributed by atoms with Crippen LogP contribution in [-0.2, 0) is 4.79 Å². The first kappa shape index (κ1) is 27.9. The van der Waals surface area contributed by atoms with Crippen LogP contribution in [0.25, 0.3) is 0 Å². The van der Waals surface area contributed by atoms with Crippen molar-refractivity contribution in [1.29, 1.82) is 0 Å². The number of hydrogen-bond donors (Lipinski definition) is 1. The van der Waals surface area contributed by atoms with Gasteiger partial charge in [-0.05, 0) is 69.9 Å². The van der Waals surface area contributed by atoms with Crippen molar-refractivity contribution in [1.82, 2.24) is 19.7 Å². The van der Waals surface area contributed by atoms with Crippen molar-refractivity contribution in [3.8, 4) is 0 Å². The molecule has 2 aliphatic heterocycles. The molecular weight excluding hydrogens is 554 g/mol. The highest BCUT2D eigenvalue weighted by molar-refractivity contribution is 9.10. The second-order valence-corrected chi connectivity index (χ2v) is 12.6. The van der Waals surface area contributed by atoms with Gasteiger partial charge in [-0.1, -0.05) is 44.5 Å². The Hall–Kier alpha value is -2.16. The van der Waals surface area contributed by atoms with Crippen molar-refractivity contribution in [3.63, 3.8) is 0 Å². The molecule has 0 radical (unpaired) electrons. The Balaban J connectivity index is 1.53. The van der Waals surface area contributed by atoms with Gasteiger partial charge in [0.05, 0.1) is 11.7 Å². The smallest absolute Gasteiger partial charge is 0.314 e. The Kier molecular flexibility index (Phi) is 8.81. The van der Waals surface area contributed by atoms with Gasteiger partial charge in [-0.2, -0.15) is 0 Å². The fourth-order valence-corrected chi connectivity index (χ4v) is 5.92. The number of hydrogen-bond acceptors (Lipinski definition) is 4.